The maximum absolute atomic E-state index is 9.15. The Morgan fingerprint density at radius 3 is 2.00 bits per heavy atom. The van der Waals surface area contributed by atoms with E-state index in [1.807, 2.05) is 0 Å². The molecular formula is C6H15OP. The van der Waals surface area contributed by atoms with Gasteiger partial charge in [-0.1, -0.05) is 13.8 Å². The first-order chi connectivity index (χ1) is 3.42. The zero-order valence-electron chi connectivity index (χ0n) is 5.81. The van der Waals surface area contributed by atoms with Crippen molar-refractivity contribution in [2.75, 3.05) is 0 Å². The lowest BCUT2D eigenvalue weighted by atomic mass is 10.1. The second-order valence-corrected chi connectivity index (χ2v) is 4.20. The maximum atomic E-state index is 9.15. The highest BCUT2D eigenvalue weighted by Gasteiger charge is 2.13. The number of hydrogen-bond acceptors (Lipinski definition) is 1. The minimum absolute atomic E-state index is 0.561. The van der Waals surface area contributed by atoms with Gasteiger partial charge in [0.1, 0.15) is 0 Å². The molecule has 0 amide bonds. The van der Waals surface area contributed by atoms with Crippen molar-refractivity contribution in [2.24, 2.45) is 5.92 Å². The quantitative estimate of drug-likeness (QED) is 0.569. The van der Waals surface area contributed by atoms with Gasteiger partial charge in [0.25, 0.3) is 0 Å². The summed E-state index contributed by atoms with van der Waals surface area (Å²) in [5.41, 5.74) is 0. The van der Waals surface area contributed by atoms with Gasteiger partial charge in [0.05, 0.1) is 5.34 Å². The summed E-state index contributed by atoms with van der Waals surface area (Å²) < 4.78 is 0. The lowest BCUT2D eigenvalue weighted by Gasteiger charge is -2.18. The highest BCUT2D eigenvalue weighted by atomic mass is 31.0. The molecule has 0 radical (unpaired) electrons. The van der Waals surface area contributed by atoms with Gasteiger partial charge >= 0.3 is 0 Å². The molecule has 0 aliphatic rings. The molecule has 0 spiro atoms. The van der Waals surface area contributed by atoms with Gasteiger partial charge in [-0.25, -0.2) is 0 Å². The molecule has 0 aromatic rings. The summed E-state index contributed by atoms with van der Waals surface area (Å²) >= 11 is 0. The third kappa shape index (κ3) is 6.39. The molecule has 50 valence electrons. The van der Waals surface area contributed by atoms with E-state index >= 15 is 0 Å². The lowest BCUT2D eigenvalue weighted by molar-refractivity contribution is 0.131. The van der Waals surface area contributed by atoms with Crippen LogP contribution in [0.4, 0.5) is 0 Å². The van der Waals surface area contributed by atoms with Gasteiger partial charge in [-0.05, 0) is 19.3 Å². The molecular weight excluding hydrogens is 119 g/mol. The fourth-order valence-corrected chi connectivity index (χ4v) is 1.30. The van der Waals surface area contributed by atoms with E-state index in [0.29, 0.717) is 5.92 Å². The Labute approximate surface area is 53.7 Å². The van der Waals surface area contributed by atoms with Crippen LogP contribution in [0, 0.1) is 5.92 Å². The molecule has 8 heavy (non-hydrogen) atoms. The zero-order chi connectivity index (χ0) is 6.78. The number of hydrogen-bond donors (Lipinski definition) is 1. The number of rotatable bonds is 2. The Morgan fingerprint density at radius 2 is 2.00 bits per heavy atom. The summed E-state index contributed by atoms with van der Waals surface area (Å²) in [4.78, 5) is 0. The Bertz CT molecular complexity index is 63.4. The van der Waals surface area contributed by atoms with E-state index in [1.54, 1.807) is 6.92 Å². The van der Waals surface area contributed by atoms with Crippen molar-refractivity contribution >= 4 is 9.24 Å². The predicted molar refractivity (Wildman–Crippen MR) is 39.8 cm³/mol. The molecule has 0 rings (SSSR count). The first kappa shape index (κ1) is 8.39. The van der Waals surface area contributed by atoms with Gasteiger partial charge in [-0.2, -0.15) is 0 Å². The van der Waals surface area contributed by atoms with Gasteiger partial charge in [0, 0.05) is 0 Å². The molecule has 1 N–H and O–H groups in total. The lowest BCUT2D eigenvalue weighted by Crippen LogP contribution is -2.16. The molecule has 0 saturated heterocycles. The predicted octanol–water partition coefficient (Wildman–Crippen LogP) is 1.62. The van der Waals surface area contributed by atoms with Crippen LogP contribution in [0.25, 0.3) is 0 Å². The molecule has 0 aromatic heterocycles. The van der Waals surface area contributed by atoms with Crippen molar-refractivity contribution in [2.45, 2.75) is 32.5 Å². The average molecular weight is 134 g/mol. The minimum atomic E-state index is -0.561. The van der Waals surface area contributed by atoms with Gasteiger partial charge in [0.2, 0.25) is 0 Å². The summed E-state index contributed by atoms with van der Waals surface area (Å²) in [5.74, 6) is 0.572. The van der Waals surface area contributed by atoms with E-state index < -0.39 is 5.34 Å². The Morgan fingerprint density at radius 1 is 1.62 bits per heavy atom. The van der Waals surface area contributed by atoms with Crippen LogP contribution in [0.15, 0.2) is 0 Å². The molecule has 2 atom stereocenters. The van der Waals surface area contributed by atoms with E-state index in [4.69, 9.17) is 5.11 Å². The second-order valence-electron chi connectivity index (χ2n) is 2.96. The first-order valence-corrected chi connectivity index (χ1v) is 3.51. The Kier molecular flexibility index (Phi) is 2.93. The van der Waals surface area contributed by atoms with Crippen molar-refractivity contribution in [3.8, 4) is 0 Å². The van der Waals surface area contributed by atoms with Gasteiger partial charge in [0.15, 0.2) is 0 Å². The van der Waals surface area contributed by atoms with Crippen LogP contribution < -0.4 is 0 Å². The van der Waals surface area contributed by atoms with Crippen molar-refractivity contribution in [3.05, 3.63) is 0 Å². The van der Waals surface area contributed by atoms with E-state index in [0.717, 1.165) is 6.42 Å². The SMILES string of the molecule is CC(C)CC(C)(O)P. The molecule has 0 heterocycles. The monoisotopic (exact) mass is 134 g/mol. The van der Waals surface area contributed by atoms with E-state index in [9.17, 15) is 0 Å². The van der Waals surface area contributed by atoms with Crippen molar-refractivity contribution in [1.29, 1.82) is 0 Å². The molecule has 2 heteroatoms. The fraction of sp³-hybridized carbons (Fsp3) is 1.00. The van der Waals surface area contributed by atoms with Gasteiger partial charge in [-0.3, -0.25) is 0 Å². The molecule has 0 aliphatic heterocycles. The Balaban J connectivity index is 3.39. The van der Waals surface area contributed by atoms with Gasteiger partial charge < -0.3 is 5.11 Å². The smallest absolute Gasteiger partial charge is 0.0753 e. The van der Waals surface area contributed by atoms with Crippen LogP contribution >= 0.6 is 9.24 Å². The van der Waals surface area contributed by atoms with Crippen molar-refractivity contribution in [1.82, 2.24) is 0 Å². The molecule has 0 aliphatic carbocycles. The van der Waals surface area contributed by atoms with Gasteiger partial charge in [-0.15, -0.1) is 9.24 Å². The third-order valence-corrected chi connectivity index (χ3v) is 1.06. The summed E-state index contributed by atoms with van der Waals surface area (Å²) in [6.07, 6.45) is 0.845. The molecule has 0 bridgehead atoms. The summed E-state index contributed by atoms with van der Waals surface area (Å²) in [7, 11) is 2.42. The first-order valence-electron chi connectivity index (χ1n) is 2.93. The molecule has 1 nitrogen and oxygen atoms in total. The van der Waals surface area contributed by atoms with Crippen LogP contribution in [0.3, 0.4) is 0 Å². The largest absolute Gasteiger partial charge is 0.386 e. The fourth-order valence-electron chi connectivity index (χ4n) is 0.827. The molecule has 0 saturated carbocycles. The summed E-state index contributed by atoms with van der Waals surface area (Å²) in [5, 5.41) is 8.59. The second kappa shape index (κ2) is 2.80. The minimum Gasteiger partial charge on any atom is -0.386 e. The molecule has 0 fully saturated rings. The highest BCUT2D eigenvalue weighted by Crippen LogP contribution is 2.21. The van der Waals surface area contributed by atoms with Crippen LogP contribution in [0.5, 0.6) is 0 Å². The standard InChI is InChI=1S/C6H15OP/c1-5(2)4-6(3,7)8/h5,7H,4,8H2,1-3H3. The summed E-state index contributed by atoms with van der Waals surface area (Å²) in [6, 6.07) is 0. The topological polar surface area (TPSA) is 20.2 Å². The van der Waals surface area contributed by atoms with E-state index in [1.165, 1.54) is 0 Å². The van der Waals surface area contributed by atoms with Crippen LogP contribution in [-0.2, 0) is 0 Å². The van der Waals surface area contributed by atoms with Crippen LogP contribution in [0.2, 0.25) is 0 Å². The van der Waals surface area contributed by atoms with Crippen molar-refractivity contribution < 1.29 is 5.11 Å². The van der Waals surface area contributed by atoms with Crippen molar-refractivity contribution in [3.63, 3.8) is 0 Å². The third-order valence-electron chi connectivity index (χ3n) is 0.822. The van der Waals surface area contributed by atoms with E-state index in [-0.39, 0.29) is 0 Å². The number of aliphatic hydroxyl groups is 1. The average Bonchev–Trinajstić information content (AvgIpc) is 1.21. The van der Waals surface area contributed by atoms with E-state index in [2.05, 4.69) is 23.1 Å². The summed E-state index contributed by atoms with van der Waals surface area (Å²) in [6.45, 7) is 5.99. The van der Waals surface area contributed by atoms with Crippen LogP contribution in [0.1, 0.15) is 27.2 Å². The maximum Gasteiger partial charge on any atom is 0.0753 e. The highest BCUT2D eigenvalue weighted by molar-refractivity contribution is 7.18. The Hall–Kier alpha value is 0.390. The normalized spacial score (nSPS) is 18.8. The molecule has 2 unspecified atom stereocenters. The molecule has 0 aromatic carbocycles. The van der Waals surface area contributed by atoms with Crippen LogP contribution in [-0.4, -0.2) is 10.4 Å². The zero-order valence-corrected chi connectivity index (χ0v) is 6.96.